The minimum absolute atomic E-state index is 0.369. The minimum Gasteiger partial charge on any atom is -0.454 e. The molecule has 0 bridgehead atoms. The zero-order valence-electron chi connectivity index (χ0n) is 10.7. The Bertz CT molecular complexity index is 444. The van der Waals surface area contributed by atoms with Gasteiger partial charge in [-0.1, -0.05) is 13.0 Å². The van der Waals surface area contributed by atoms with E-state index in [1.165, 1.54) is 17.5 Å². The zero-order chi connectivity index (χ0) is 12.5. The molecule has 3 rings (SSSR count). The van der Waals surface area contributed by atoms with Crippen molar-refractivity contribution in [3.05, 3.63) is 23.3 Å². The monoisotopic (exact) mass is 266 g/mol. The van der Waals surface area contributed by atoms with Crippen molar-refractivity contribution in [2.24, 2.45) is 11.8 Å². The van der Waals surface area contributed by atoms with Crippen LogP contribution < -0.4 is 9.47 Å². The van der Waals surface area contributed by atoms with Crippen LogP contribution in [0, 0.1) is 11.8 Å². The number of hydrogen-bond donors (Lipinski definition) is 0. The maximum atomic E-state index is 5.82. The summed E-state index contributed by atoms with van der Waals surface area (Å²) in [6.45, 7) is 2.72. The first-order chi connectivity index (χ1) is 8.79. The van der Waals surface area contributed by atoms with Gasteiger partial charge in [0.25, 0.3) is 0 Å². The lowest BCUT2D eigenvalue weighted by molar-refractivity contribution is 0.172. The summed E-state index contributed by atoms with van der Waals surface area (Å²) in [7, 11) is 0. The van der Waals surface area contributed by atoms with Crippen LogP contribution in [-0.2, 0) is 12.8 Å². The summed E-state index contributed by atoms with van der Waals surface area (Å²) in [5.74, 6) is 4.14. The molecule has 18 heavy (non-hydrogen) atoms. The average Bonchev–Trinajstić information content (AvgIpc) is 2.84. The molecule has 1 heterocycles. The molecule has 1 aliphatic heterocycles. The quantitative estimate of drug-likeness (QED) is 0.775. The van der Waals surface area contributed by atoms with Gasteiger partial charge in [0.2, 0.25) is 6.79 Å². The lowest BCUT2D eigenvalue weighted by atomic mass is 9.74. The molecular weight excluding hydrogens is 248 g/mol. The Kier molecular flexibility index (Phi) is 3.38. The predicted octanol–water partition coefficient (Wildman–Crippen LogP) is 3.79. The van der Waals surface area contributed by atoms with Crippen LogP contribution in [0.25, 0.3) is 0 Å². The Labute approximate surface area is 113 Å². The molecule has 2 aliphatic rings. The standard InChI is InChI=1S/C15H19ClO2/c1-10-7-12-4-5-14-15(18-9-17-14)13(12)8-11(10)3-2-6-16/h4-5,10-11H,2-3,6-9H2,1H3/t10?,11-/m1/s1. The Hall–Kier alpha value is -0.890. The van der Waals surface area contributed by atoms with Crippen molar-refractivity contribution in [2.75, 3.05) is 12.7 Å². The number of hydrogen-bond acceptors (Lipinski definition) is 2. The maximum Gasteiger partial charge on any atom is 0.231 e. The number of rotatable bonds is 3. The second kappa shape index (κ2) is 5.00. The summed E-state index contributed by atoms with van der Waals surface area (Å²) < 4.78 is 11.1. The van der Waals surface area contributed by atoms with Gasteiger partial charge < -0.3 is 9.47 Å². The van der Waals surface area contributed by atoms with E-state index in [0.29, 0.717) is 6.79 Å². The van der Waals surface area contributed by atoms with Gasteiger partial charge in [-0.05, 0) is 49.1 Å². The Morgan fingerprint density at radius 1 is 1.28 bits per heavy atom. The lowest BCUT2D eigenvalue weighted by Crippen LogP contribution is -2.23. The van der Waals surface area contributed by atoms with E-state index < -0.39 is 0 Å². The van der Waals surface area contributed by atoms with Crippen molar-refractivity contribution < 1.29 is 9.47 Å². The molecule has 98 valence electrons. The van der Waals surface area contributed by atoms with E-state index >= 15 is 0 Å². The molecule has 1 aliphatic carbocycles. The summed E-state index contributed by atoms with van der Waals surface area (Å²) >= 11 is 5.82. The first-order valence-electron chi connectivity index (χ1n) is 6.76. The highest BCUT2D eigenvalue weighted by atomic mass is 35.5. The van der Waals surface area contributed by atoms with Crippen LogP contribution in [0.1, 0.15) is 30.9 Å². The molecule has 1 aromatic rings. The van der Waals surface area contributed by atoms with Crippen molar-refractivity contribution in [2.45, 2.75) is 32.6 Å². The molecule has 0 aromatic heterocycles. The molecule has 1 unspecified atom stereocenters. The zero-order valence-corrected chi connectivity index (χ0v) is 11.5. The number of ether oxygens (including phenoxy) is 2. The second-order valence-corrected chi connectivity index (χ2v) is 5.79. The first kappa shape index (κ1) is 12.2. The van der Waals surface area contributed by atoms with Gasteiger partial charge in [-0.15, -0.1) is 11.6 Å². The molecule has 0 spiro atoms. The smallest absolute Gasteiger partial charge is 0.231 e. The molecule has 0 radical (unpaired) electrons. The van der Waals surface area contributed by atoms with Gasteiger partial charge in [0.15, 0.2) is 11.5 Å². The van der Waals surface area contributed by atoms with Crippen LogP contribution in [0.3, 0.4) is 0 Å². The molecule has 0 fully saturated rings. The third-order valence-electron chi connectivity index (χ3n) is 4.26. The SMILES string of the molecule is CC1Cc2ccc3c(c2C[C@H]1CCCCl)OCO3. The molecule has 0 amide bonds. The molecule has 2 nitrogen and oxygen atoms in total. The van der Waals surface area contributed by atoms with Gasteiger partial charge in [0, 0.05) is 11.4 Å². The fraction of sp³-hybridized carbons (Fsp3) is 0.600. The highest BCUT2D eigenvalue weighted by Crippen LogP contribution is 2.43. The van der Waals surface area contributed by atoms with Crippen molar-refractivity contribution in [1.82, 2.24) is 0 Å². The van der Waals surface area contributed by atoms with Crippen LogP contribution in [-0.4, -0.2) is 12.7 Å². The van der Waals surface area contributed by atoms with Crippen molar-refractivity contribution in [1.29, 1.82) is 0 Å². The molecule has 0 N–H and O–H groups in total. The van der Waals surface area contributed by atoms with Gasteiger partial charge in [-0.2, -0.15) is 0 Å². The fourth-order valence-corrected chi connectivity index (χ4v) is 3.34. The van der Waals surface area contributed by atoms with E-state index in [9.17, 15) is 0 Å². The van der Waals surface area contributed by atoms with Crippen molar-refractivity contribution in [3.8, 4) is 11.5 Å². The highest BCUT2D eigenvalue weighted by molar-refractivity contribution is 6.17. The van der Waals surface area contributed by atoms with Crippen LogP contribution in [0.4, 0.5) is 0 Å². The van der Waals surface area contributed by atoms with E-state index in [1.807, 2.05) is 6.07 Å². The Morgan fingerprint density at radius 3 is 3.00 bits per heavy atom. The van der Waals surface area contributed by atoms with E-state index in [0.717, 1.165) is 48.5 Å². The van der Waals surface area contributed by atoms with Gasteiger partial charge in [-0.3, -0.25) is 0 Å². The van der Waals surface area contributed by atoms with Crippen LogP contribution in [0.2, 0.25) is 0 Å². The van der Waals surface area contributed by atoms with E-state index in [4.69, 9.17) is 21.1 Å². The van der Waals surface area contributed by atoms with Gasteiger partial charge in [0.1, 0.15) is 0 Å². The largest absolute Gasteiger partial charge is 0.454 e. The fourth-order valence-electron chi connectivity index (χ4n) is 3.19. The minimum atomic E-state index is 0.369. The molecule has 0 saturated heterocycles. The first-order valence-corrected chi connectivity index (χ1v) is 7.29. The summed E-state index contributed by atoms with van der Waals surface area (Å²) in [6.07, 6.45) is 4.59. The lowest BCUT2D eigenvalue weighted by Gasteiger charge is -2.31. The third kappa shape index (κ3) is 2.07. The van der Waals surface area contributed by atoms with E-state index in [2.05, 4.69) is 13.0 Å². The maximum absolute atomic E-state index is 5.82. The second-order valence-electron chi connectivity index (χ2n) is 5.41. The highest BCUT2D eigenvalue weighted by Gasteiger charge is 2.30. The van der Waals surface area contributed by atoms with Crippen molar-refractivity contribution in [3.63, 3.8) is 0 Å². The molecular formula is C15H19ClO2. The van der Waals surface area contributed by atoms with E-state index in [1.54, 1.807) is 0 Å². The number of fused-ring (bicyclic) bond motifs is 3. The predicted molar refractivity (Wildman–Crippen MR) is 72.6 cm³/mol. The van der Waals surface area contributed by atoms with Gasteiger partial charge in [0.05, 0.1) is 0 Å². The van der Waals surface area contributed by atoms with Crippen molar-refractivity contribution >= 4 is 11.6 Å². The van der Waals surface area contributed by atoms with E-state index in [-0.39, 0.29) is 0 Å². The number of alkyl halides is 1. The Balaban J connectivity index is 1.87. The normalized spacial score (nSPS) is 25.0. The summed E-state index contributed by atoms with van der Waals surface area (Å²) in [4.78, 5) is 0. The summed E-state index contributed by atoms with van der Waals surface area (Å²) in [5.41, 5.74) is 2.82. The number of halogens is 1. The molecule has 2 atom stereocenters. The third-order valence-corrected chi connectivity index (χ3v) is 4.53. The van der Waals surface area contributed by atoms with Crippen LogP contribution in [0.15, 0.2) is 12.1 Å². The molecule has 1 aromatic carbocycles. The molecule has 0 saturated carbocycles. The summed E-state index contributed by atoms with van der Waals surface area (Å²) in [6, 6.07) is 4.25. The van der Waals surface area contributed by atoms with Crippen LogP contribution >= 0.6 is 11.6 Å². The topological polar surface area (TPSA) is 18.5 Å². The van der Waals surface area contributed by atoms with Gasteiger partial charge >= 0.3 is 0 Å². The van der Waals surface area contributed by atoms with Gasteiger partial charge in [-0.25, -0.2) is 0 Å². The summed E-state index contributed by atoms with van der Waals surface area (Å²) in [5, 5.41) is 0. The average molecular weight is 267 g/mol. The number of benzene rings is 1. The Morgan fingerprint density at radius 2 is 2.17 bits per heavy atom. The van der Waals surface area contributed by atoms with Crippen LogP contribution in [0.5, 0.6) is 11.5 Å². The molecule has 3 heteroatoms.